The molecule has 0 atom stereocenters. The molecule has 0 N–H and O–H groups in total. The molecule has 0 unspecified atom stereocenters. The van der Waals surface area contributed by atoms with E-state index in [0.29, 0.717) is 22.2 Å². The maximum Gasteiger partial charge on any atom is 0.347 e. The van der Waals surface area contributed by atoms with Crippen molar-refractivity contribution in [1.82, 2.24) is 4.98 Å². The van der Waals surface area contributed by atoms with Gasteiger partial charge in [0.15, 0.2) is 17.3 Å². The Labute approximate surface area is 187 Å². The summed E-state index contributed by atoms with van der Waals surface area (Å²) in [7, 11) is 0. The Morgan fingerprint density at radius 2 is 1.48 bits per heavy atom. The van der Waals surface area contributed by atoms with Gasteiger partial charge in [-0.15, -0.1) is 0 Å². The fourth-order valence-electron chi connectivity index (χ4n) is 3.21. The van der Waals surface area contributed by atoms with E-state index in [0.717, 1.165) is 0 Å². The number of rotatable bonds is 5. The van der Waals surface area contributed by atoms with Gasteiger partial charge < -0.3 is 13.9 Å². The lowest BCUT2D eigenvalue weighted by molar-refractivity contribution is -0.134. The van der Waals surface area contributed by atoms with Gasteiger partial charge in [-0.2, -0.15) is 0 Å². The van der Waals surface area contributed by atoms with Crippen LogP contribution >= 0.6 is 0 Å². The number of aromatic nitrogens is 1. The Morgan fingerprint density at radius 3 is 2.18 bits per heavy atom. The minimum absolute atomic E-state index is 0.0245. The van der Waals surface area contributed by atoms with Crippen LogP contribution in [0.4, 0.5) is 0 Å². The van der Waals surface area contributed by atoms with E-state index in [1.165, 1.54) is 38.1 Å². The number of carbonyl (C=O) groups is 3. The number of benzene rings is 3. The van der Waals surface area contributed by atoms with E-state index in [1.807, 2.05) is 6.07 Å². The van der Waals surface area contributed by atoms with Gasteiger partial charge in [-0.1, -0.05) is 30.3 Å². The minimum atomic E-state index is -0.684. The predicted octanol–water partition coefficient (Wildman–Crippen LogP) is 3.94. The second kappa shape index (κ2) is 8.88. The van der Waals surface area contributed by atoms with Crippen LogP contribution in [0.2, 0.25) is 0 Å². The molecule has 0 radical (unpaired) electrons. The highest BCUT2D eigenvalue weighted by Gasteiger charge is 2.17. The van der Waals surface area contributed by atoms with Crippen molar-refractivity contribution in [3.8, 4) is 23.0 Å². The second-order valence-corrected chi connectivity index (χ2v) is 7.08. The van der Waals surface area contributed by atoms with E-state index in [9.17, 15) is 19.2 Å². The van der Waals surface area contributed by atoms with Gasteiger partial charge in [0, 0.05) is 30.5 Å². The Kier molecular flexibility index (Phi) is 5.82. The summed E-state index contributed by atoms with van der Waals surface area (Å²) in [6, 6.07) is 17.6. The van der Waals surface area contributed by atoms with E-state index >= 15 is 0 Å². The molecule has 0 fully saturated rings. The topological polar surface area (TPSA) is 113 Å². The number of carbonyl (C=O) groups excluding carboxylic acids is 3. The van der Waals surface area contributed by atoms with Gasteiger partial charge in [0.1, 0.15) is 0 Å². The maximum atomic E-state index is 12.7. The van der Waals surface area contributed by atoms with E-state index in [2.05, 4.69) is 4.98 Å². The molecule has 0 aliphatic heterocycles. The first kappa shape index (κ1) is 21.6. The van der Waals surface area contributed by atoms with Crippen LogP contribution in [0.1, 0.15) is 29.8 Å². The van der Waals surface area contributed by atoms with Crippen molar-refractivity contribution in [2.24, 2.45) is 0 Å². The fraction of sp³-hybridized carbons (Fsp3) is 0.0800. The van der Waals surface area contributed by atoms with Crippen molar-refractivity contribution < 1.29 is 28.3 Å². The van der Waals surface area contributed by atoms with Crippen LogP contribution in [-0.2, 0) is 9.59 Å². The Morgan fingerprint density at radius 1 is 0.788 bits per heavy atom. The molecule has 0 aliphatic carbocycles. The lowest BCUT2D eigenvalue weighted by atomic mass is 10.0. The molecule has 0 saturated heterocycles. The van der Waals surface area contributed by atoms with Crippen LogP contribution < -0.4 is 15.1 Å². The number of fused-ring (bicyclic) bond motifs is 1. The monoisotopic (exact) mass is 443 g/mol. The third-order valence-corrected chi connectivity index (χ3v) is 4.62. The third kappa shape index (κ3) is 4.69. The average Bonchev–Trinajstić information content (AvgIpc) is 2.79. The molecule has 164 valence electrons. The molecule has 0 amide bonds. The van der Waals surface area contributed by atoms with Crippen molar-refractivity contribution in [3.63, 3.8) is 0 Å². The zero-order chi connectivity index (χ0) is 23.5. The lowest BCUT2D eigenvalue weighted by Gasteiger charge is -2.10. The van der Waals surface area contributed by atoms with Gasteiger partial charge in [0.25, 0.3) is 0 Å². The Bertz CT molecular complexity index is 1460. The summed E-state index contributed by atoms with van der Waals surface area (Å²) in [5, 5.41) is 0.150. The lowest BCUT2D eigenvalue weighted by Crippen LogP contribution is -2.08. The first-order valence-electron chi connectivity index (χ1n) is 9.88. The summed E-state index contributed by atoms with van der Waals surface area (Å²) >= 11 is 0. The summed E-state index contributed by atoms with van der Waals surface area (Å²) < 4.78 is 15.5. The van der Waals surface area contributed by atoms with Gasteiger partial charge in [0.2, 0.25) is 5.89 Å². The van der Waals surface area contributed by atoms with E-state index in [1.54, 1.807) is 36.4 Å². The molecule has 8 heteroatoms. The van der Waals surface area contributed by atoms with Gasteiger partial charge in [-0.05, 0) is 36.4 Å². The van der Waals surface area contributed by atoms with Crippen LogP contribution in [0, 0.1) is 0 Å². The van der Waals surface area contributed by atoms with Crippen molar-refractivity contribution in [2.75, 3.05) is 0 Å². The minimum Gasteiger partial charge on any atom is -0.423 e. The van der Waals surface area contributed by atoms with Crippen molar-refractivity contribution >= 4 is 28.6 Å². The smallest absolute Gasteiger partial charge is 0.347 e. The van der Waals surface area contributed by atoms with Crippen LogP contribution in [0.25, 0.3) is 22.4 Å². The molecule has 1 aromatic heterocycles. The highest BCUT2D eigenvalue weighted by molar-refractivity contribution is 6.10. The molecule has 4 aromatic rings. The van der Waals surface area contributed by atoms with Gasteiger partial charge >= 0.3 is 17.6 Å². The second-order valence-electron chi connectivity index (χ2n) is 7.08. The zero-order valence-electron chi connectivity index (χ0n) is 17.7. The molecular formula is C25H17NO7. The van der Waals surface area contributed by atoms with Crippen molar-refractivity contribution in [1.29, 1.82) is 0 Å². The quantitative estimate of drug-likeness (QED) is 0.259. The Hall–Kier alpha value is -4.59. The van der Waals surface area contributed by atoms with E-state index < -0.39 is 17.6 Å². The fourth-order valence-corrected chi connectivity index (χ4v) is 3.21. The molecule has 8 nitrogen and oxygen atoms in total. The SMILES string of the molecule is CC(=O)Oc1ccc(-c2nc3ccc(C(=O)c4ccccc4)cc3c(=O)o2)cc1OC(C)=O. The average molecular weight is 443 g/mol. The largest absolute Gasteiger partial charge is 0.423 e. The van der Waals surface area contributed by atoms with Crippen LogP contribution in [-0.4, -0.2) is 22.7 Å². The summed E-state index contributed by atoms with van der Waals surface area (Å²) in [6.07, 6.45) is 0. The number of ether oxygens (including phenoxy) is 2. The summed E-state index contributed by atoms with van der Waals surface area (Å²) in [6.45, 7) is 2.42. The molecular weight excluding hydrogens is 426 g/mol. The maximum absolute atomic E-state index is 12.7. The Balaban J connectivity index is 1.75. The van der Waals surface area contributed by atoms with Crippen LogP contribution in [0.3, 0.4) is 0 Å². The number of esters is 2. The molecule has 0 bridgehead atoms. The number of hydrogen-bond donors (Lipinski definition) is 0. The van der Waals surface area contributed by atoms with E-state index in [-0.39, 0.29) is 28.6 Å². The van der Waals surface area contributed by atoms with Gasteiger partial charge in [-0.25, -0.2) is 9.78 Å². The molecule has 4 rings (SSSR count). The first-order chi connectivity index (χ1) is 15.8. The molecule has 0 aliphatic rings. The third-order valence-electron chi connectivity index (χ3n) is 4.62. The summed E-state index contributed by atoms with van der Waals surface area (Å²) in [5.41, 5.74) is 0.792. The normalized spacial score (nSPS) is 10.6. The number of nitrogens with zero attached hydrogens (tertiary/aromatic N) is 1. The summed E-state index contributed by atoms with van der Waals surface area (Å²) in [4.78, 5) is 52.5. The highest BCUT2D eigenvalue weighted by Crippen LogP contribution is 2.32. The highest BCUT2D eigenvalue weighted by atomic mass is 16.6. The molecule has 3 aromatic carbocycles. The summed E-state index contributed by atoms with van der Waals surface area (Å²) in [5.74, 6) is -1.46. The predicted molar refractivity (Wildman–Crippen MR) is 118 cm³/mol. The number of hydrogen-bond acceptors (Lipinski definition) is 8. The standard InChI is InChI=1S/C25H17NO7/c1-14(27)31-21-11-9-18(13-22(21)32-15(2)28)24-26-20-10-8-17(12-19(20)25(30)33-24)23(29)16-6-4-3-5-7-16/h3-13H,1-2H3. The molecule has 33 heavy (non-hydrogen) atoms. The zero-order valence-corrected chi connectivity index (χ0v) is 17.7. The van der Waals surface area contributed by atoms with Gasteiger partial charge in [0.05, 0.1) is 10.9 Å². The van der Waals surface area contributed by atoms with Gasteiger partial charge in [-0.3, -0.25) is 14.4 Å². The van der Waals surface area contributed by atoms with E-state index in [4.69, 9.17) is 13.9 Å². The van der Waals surface area contributed by atoms with Crippen LogP contribution in [0.15, 0.2) is 75.9 Å². The molecule has 0 saturated carbocycles. The first-order valence-corrected chi connectivity index (χ1v) is 9.88. The number of ketones is 1. The van der Waals surface area contributed by atoms with Crippen LogP contribution in [0.5, 0.6) is 11.5 Å². The van der Waals surface area contributed by atoms with Crippen molar-refractivity contribution in [2.45, 2.75) is 13.8 Å². The van der Waals surface area contributed by atoms with Crippen molar-refractivity contribution in [3.05, 3.63) is 88.3 Å². The molecule has 1 heterocycles. The molecule has 0 spiro atoms.